The molecule has 2 saturated heterocycles. The lowest BCUT2D eigenvalue weighted by Gasteiger charge is -2.35. The molecule has 100 valence electrons. The van der Waals surface area contributed by atoms with Crippen LogP contribution in [0.1, 0.15) is 25.0 Å². The van der Waals surface area contributed by atoms with Crippen LogP contribution in [0.2, 0.25) is 0 Å². The van der Waals surface area contributed by atoms with Gasteiger partial charge in [0.15, 0.2) is 0 Å². The SMILES string of the molecule is COC[C@@H]1CC[C@H]2[C@H](CCN2Cc2ccco2)O1. The second-order valence-corrected chi connectivity index (χ2v) is 5.24. The lowest BCUT2D eigenvalue weighted by Crippen LogP contribution is -2.43. The molecule has 1 aromatic rings. The van der Waals surface area contributed by atoms with Crippen molar-refractivity contribution in [1.29, 1.82) is 0 Å². The Labute approximate surface area is 108 Å². The molecule has 4 nitrogen and oxygen atoms in total. The Bertz CT molecular complexity index is 365. The molecule has 4 heteroatoms. The van der Waals surface area contributed by atoms with Gasteiger partial charge in [0.2, 0.25) is 0 Å². The Hall–Kier alpha value is -0.840. The van der Waals surface area contributed by atoms with Crippen LogP contribution in [-0.2, 0) is 16.0 Å². The standard InChI is InChI=1S/C14H21NO3/c1-16-10-12-4-5-13-14(18-12)6-7-15(13)9-11-3-2-8-17-11/h2-3,8,12-14H,4-7,9-10H2,1H3/t12-,13-,14-/m0/s1. The van der Waals surface area contributed by atoms with E-state index in [1.807, 2.05) is 12.1 Å². The number of fused-ring (bicyclic) bond motifs is 1. The molecule has 3 heterocycles. The van der Waals surface area contributed by atoms with Gasteiger partial charge in [0.05, 0.1) is 31.6 Å². The van der Waals surface area contributed by atoms with Crippen LogP contribution in [-0.4, -0.2) is 43.4 Å². The van der Waals surface area contributed by atoms with Crippen molar-refractivity contribution in [2.75, 3.05) is 20.3 Å². The second-order valence-electron chi connectivity index (χ2n) is 5.24. The van der Waals surface area contributed by atoms with E-state index in [9.17, 15) is 0 Å². The highest BCUT2D eigenvalue weighted by Crippen LogP contribution is 2.32. The van der Waals surface area contributed by atoms with Crippen molar-refractivity contribution in [3.63, 3.8) is 0 Å². The van der Waals surface area contributed by atoms with Crippen molar-refractivity contribution in [2.24, 2.45) is 0 Å². The fraction of sp³-hybridized carbons (Fsp3) is 0.714. The first-order valence-corrected chi connectivity index (χ1v) is 6.77. The summed E-state index contributed by atoms with van der Waals surface area (Å²) in [5, 5.41) is 0. The number of nitrogens with zero attached hydrogens (tertiary/aromatic N) is 1. The first-order valence-electron chi connectivity index (χ1n) is 6.77. The molecule has 0 N–H and O–H groups in total. The molecular formula is C14H21NO3. The third-order valence-electron chi connectivity index (χ3n) is 4.04. The number of likely N-dealkylation sites (tertiary alicyclic amines) is 1. The van der Waals surface area contributed by atoms with Gasteiger partial charge < -0.3 is 13.9 Å². The molecule has 0 saturated carbocycles. The summed E-state index contributed by atoms with van der Waals surface area (Å²) in [7, 11) is 1.74. The van der Waals surface area contributed by atoms with Crippen LogP contribution in [0.5, 0.6) is 0 Å². The normalized spacial score (nSPS) is 32.6. The molecule has 2 fully saturated rings. The van der Waals surface area contributed by atoms with E-state index in [0.29, 0.717) is 18.2 Å². The lowest BCUT2D eigenvalue weighted by atomic mass is 9.99. The average molecular weight is 251 g/mol. The van der Waals surface area contributed by atoms with Crippen LogP contribution in [0.4, 0.5) is 0 Å². The summed E-state index contributed by atoms with van der Waals surface area (Å²) in [5.41, 5.74) is 0. The summed E-state index contributed by atoms with van der Waals surface area (Å²) in [6.45, 7) is 2.74. The number of hydrogen-bond acceptors (Lipinski definition) is 4. The largest absolute Gasteiger partial charge is 0.468 e. The zero-order valence-corrected chi connectivity index (χ0v) is 10.9. The van der Waals surface area contributed by atoms with E-state index in [2.05, 4.69) is 4.90 Å². The van der Waals surface area contributed by atoms with Crippen LogP contribution in [0, 0.1) is 0 Å². The Kier molecular flexibility index (Phi) is 3.68. The summed E-state index contributed by atoms with van der Waals surface area (Å²) in [6.07, 6.45) is 5.86. The Morgan fingerprint density at radius 2 is 2.33 bits per heavy atom. The molecule has 0 bridgehead atoms. The molecule has 0 aliphatic carbocycles. The molecular weight excluding hydrogens is 230 g/mol. The molecule has 0 aromatic carbocycles. The van der Waals surface area contributed by atoms with Gasteiger partial charge in [-0.05, 0) is 31.4 Å². The molecule has 0 spiro atoms. The monoisotopic (exact) mass is 251 g/mol. The third-order valence-corrected chi connectivity index (χ3v) is 4.04. The highest BCUT2D eigenvalue weighted by Gasteiger charge is 2.39. The molecule has 2 aliphatic rings. The van der Waals surface area contributed by atoms with E-state index in [0.717, 1.165) is 38.3 Å². The zero-order chi connectivity index (χ0) is 12.4. The van der Waals surface area contributed by atoms with Crippen molar-refractivity contribution in [2.45, 2.75) is 44.1 Å². The Morgan fingerprint density at radius 3 is 3.11 bits per heavy atom. The number of hydrogen-bond donors (Lipinski definition) is 0. The molecule has 2 aliphatic heterocycles. The first kappa shape index (κ1) is 12.2. The minimum atomic E-state index is 0.291. The number of furan rings is 1. The van der Waals surface area contributed by atoms with Gasteiger partial charge in [-0.3, -0.25) is 4.90 Å². The quantitative estimate of drug-likeness (QED) is 0.820. The van der Waals surface area contributed by atoms with E-state index in [4.69, 9.17) is 13.9 Å². The van der Waals surface area contributed by atoms with Gasteiger partial charge in [0, 0.05) is 19.7 Å². The number of rotatable bonds is 4. The smallest absolute Gasteiger partial charge is 0.117 e. The number of ether oxygens (including phenoxy) is 2. The second kappa shape index (κ2) is 5.43. The molecule has 1 aromatic heterocycles. The van der Waals surface area contributed by atoms with Crippen LogP contribution >= 0.6 is 0 Å². The molecule has 0 radical (unpaired) electrons. The van der Waals surface area contributed by atoms with E-state index >= 15 is 0 Å². The van der Waals surface area contributed by atoms with Gasteiger partial charge in [-0.1, -0.05) is 0 Å². The van der Waals surface area contributed by atoms with E-state index in [1.54, 1.807) is 13.4 Å². The lowest BCUT2D eigenvalue weighted by molar-refractivity contribution is -0.0942. The minimum absolute atomic E-state index is 0.291. The van der Waals surface area contributed by atoms with Crippen molar-refractivity contribution in [3.8, 4) is 0 Å². The number of methoxy groups -OCH3 is 1. The summed E-state index contributed by atoms with van der Waals surface area (Å²) in [6, 6.07) is 4.56. The Morgan fingerprint density at radius 1 is 1.39 bits per heavy atom. The minimum Gasteiger partial charge on any atom is -0.468 e. The summed E-state index contributed by atoms with van der Waals surface area (Å²) >= 11 is 0. The van der Waals surface area contributed by atoms with Gasteiger partial charge in [-0.25, -0.2) is 0 Å². The molecule has 0 unspecified atom stereocenters. The van der Waals surface area contributed by atoms with Gasteiger partial charge in [-0.2, -0.15) is 0 Å². The fourth-order valence-corrected chi connectivity index (χ4v) is 3.19. The Balaban J connectivity index is 1.58. The zero-order valence-electron chi connectivity index (χ0n) is 10.9. The predicted molar refractivity (Wildman–Crippen MR) is 67.3 cm³/mol. The maximum Gasteiger partial charge on any atom is 0.117 e. The van der Waals surface area contributed by atoms with Crippen LogP contribution in [0.15, 0.2) is 22.8 Å². The predicted octanol–water partition coefficient (Wildman–Crippen LogP) is 2.05. The molecule has 18 heavy (non-hydrogen) atoms. The van der Waals surface area contributed by atoms with Crippen molar-refractivity contribution in [1.82, 2.24) is 4.90 Å². The fourth-order valence-electron chi connectivity index (χ4n) is 3.19. The highest BCUT2D eigenvalue weighted by molar-refractivity contribution is 5.01. The van der Waals surface area contributed by atoms with Crippen LogP contribution < -0.4 is 0 Å². The van der Waals surface area contributed by atoms with E-state index < -0.39 is 0 Å². The van der Waals surface area contributed by atoms with Gasteiger partial charge in [-0.15, -0.1) is 0 Å². The van der Waals surface area contributed by atoms with Crippen molar-refractivity contribution < 1.29 is 13.9 Å². The van der Waals surface area contributed by atoms with E-state index in [1.165, 1.54) is 6.42 Å². The first-order chi connectivity index (χ1) is 8.86. The summed E-state index contributed by atoms with van der Waals surface area (Å²) in [4.78, 5) is 2.49. The van der Waals surface area contributed by atoms with Crippen molar-refractivity contribution >= 4 is 0 Å². The average Bonchev–Trinajstić information content (AvgIpc) is 3.00. The van der Waals surface area contributed by atoms with Gasteiger partial charge >= 0.3 is 0 Å². The maximum atomic E-state index is 6.10. The van der Waals surface area contributed by atoms with Gasteiger partial charge in [0.1, 0.15) is 5.76 Å². The topological polar surface area (TPSA) is 34.8 Å². The van der Waals surface area contributed by atoms with Gasteiger partial charge in [0.25, 0.3) is 0 Å². The van der Waals surface area contributed by atoms with E-state index in [-0.39, 0.29) is 0 Å². The maximum absolute atomic E-state index is 6.10. The van der Waals surface area contributed by atoms with Crippen LogP contribution in [0.3, 0.4) is 0 Å². The highest BCUT2D eigenvalue weighted by atomic mass is 16.5. The van der Waals surface area contributed by atoms with Crippen molar-refractivity contribution in [3.05, 3.63) is 24.2 Å². The molecule has 3 atom stereocenters. The van der Waals surface area contributed by atoms with Crippen LogP contribution in [0.25, 0.3) is 0 Å². The summed E-state index contributed by atoms with van der Waals surface area (Å²) < 4.78 is 16.7. The third kappa shape index (κ3) is 2.46. The molecule has 0 amide bonds. The summed E-state index contributed by atoms with van der Waals surface area (Å²) in [5.74, 6) is 1.05. The molecule has 3 rings (SSSR count).